The van der Waals surface area contributed by atoms with Crippen molar-refractivity contribution in [3.63, 3.8) is 0 Å². The summed E-state index contributed by atoms with van der Waals surface area (Å²) in [5.41, 5.74) is 4.71. The predicted molar refractivity (Wildman–Crippen MR) is 112 cm³/mol. The van der Waals surface area contributed by atoms with E-state index < -0.39 is 0 Å². The third-order valence-electron chi connectivity index (χ3n) is 5.51. The van der Waals surface area contributed by atoms with Gasteiger partial charge in [0.2, 0.25) is 5.91 Å². The minimum absolute atomic E-state index is 0.0213. The molecule has 156 valence electrons. The quantitative estimate of drug-likeness (QED) is 0.748. The fourth-order valence-electron chi connectivity index (χ4n) is 3.79. The number of ether oxygens (including phenoxy) is 1. The van der Waals surface area contributed by atoms with Crippen molar-refractivity contribution in [1.82, 2.24) is 15.1 Å². The summed E-state index contributed by atoms with van der Waals surface area (Å²) in [7, 11) is 1.36. The van der Waals surface area contributed by atoms with E-state index in [0.29, 0.717) is 12.8 Å². The zero-order chi connectivity index (χ0) is 21.0. The molecule has 0 saturated carbocycles. The van der Waals surface area contributed by atoms with Crippen molar-refractivity contribution in [2.75, 3.05) is 7.11 Å². The molecule has 0 saturated heterocycles. The van der Waals surface area contributed by atoms with E-state index in [1.54, 1.807) is 0 Å². The molecule has 1 aromatic heterocycles. The van der Waals surface area contributed by atoms with Gasteiger partial charge in [0.05, 0.1) is 25.0 Å². The summed E-state index contributed by atoms with van der Waals surface area (Å²) in [5, 5.41) is 7.73. The number of aromatic nitrogens is 2. The van der Waals surface area contributed by atoms with Gasteiger partial charge in [0.15, 0.2) is 0 Å². The predicted octanol–water partition coefficient (Wildman–Crippen LogP) is 4.01. The van der Waals surface area contributed by atoms with Crippen LogP contribution >= 0.6 is 0 Å². The van der Waals surface area contributed by atoms with E-state index in [1.165, 1.54) is 18.4 Å². The van der Waals surface area contributed by atoms with E-state index in [9.17, 15) is 9.59 Å². The van der Waals surface area contributed by atoms with Crippen LogP contribution in [0.4, 0.5) is 0 Å². The summed E-state index contributed by atoms with van der Waals surface area (Å²) in [6.07, 6.45) is 5.83. The lowest BCUT2D eigenvalue weighted by atomic mass is 9.87. The summed E-state index contributed by atoms with van der Waals surface area (Å²) in [5.74, 6) is -0.314. The third-order valence-corrected chi connectivity index (χ3v) is 5.51. The standard InChI is InChI=1S/C23H31N3O3/c1-23(2,3)16-11-13-17(14-12-16)26-20-8-5-7-19(18(20)15-24-26)25-21(27)9-6-10-22(28)29-4/h11-15,19H,5-10H2,1-4H3,(H,25,27)/t19-/m0/s1. The Morgan fingerprint density at radius 3 is 2.59 bits per heavy atom. The molecule has 1 amide bonds. The van der Waals surface area contributed by atoms with E-state index in [1.807, 2.05) is 10.9 Å². The molecule has 29 heavy (non-hydrogen) atoms. The number of carbonyl (C=O) groups excluding carboxylic acids is 2. The molecule has 0 bridgehead atoms. The fraction of sp³-hybridized carbons (Fsp3) is 0.522. The first-order valence-corrected chi connectivity index (χ1v) is 10.3. The number of hydrogen-bond donors (Lipinski definition) is 1. The summed E-state index contributed by atoms with van der Waals surface area (Å²) in [4.78, 5) is 23.5. The number of nitrogens with one attached hydrogen (secondary N) is 1. The second kappa shape index (κ2) is 8.80. The first kappa shape index (κ1) is 21.1. The molecular weight excluding hydrogens is 366 g/mol. The first-order valence-electron chi connectivity index (χ1n) is 10.3. The number of amides is 1. The van der Waals surface area contributed by atoms with Crippen LogP contribution in [0, 0.1) is 0 Å². The Hall–Kier alpha value is -2.63. The van der Waals surface area contributed by atoms with Gasteiger partial charge in [-0.1, -0.05) is 32.9 Å². The van der Waals surface area contributed by atoms with E-state index in [2.05, 4.69) is 60.2 Å². The second-order valence-corrected chi connectivity index (χ2v) is 8.70. The van der Waals surface area contributed by atoms with Crippen molar-refractivity contribution in [3.05, 3.63) is 47.3 Å². The lowest BCUT2D eigenvalue weighted by Gasteiger charge is -2.24. The van der Waals surface area contributed by atoms with Crippen LogP contribution in [0.2, 0.25) is 0 Å². The third kappa shape index (κ3) is 5.05. The maximum absolute atomic E-state index is 12.3. The Labute approximate surface area is 172 Å². The number of hydrogen-bond acceptors (Lipinski definition) is 4. The van der Waals surface area contributed by atoms with Crippen LogP contribution in [-0.2, 0) is 26.2 Å². The molecule has 1 aromatic carbocycles. The number of nitrogens with zero attached hydrogens (tertiary/aromatic N) is 2. The van der Waals surface area contributed by atoms with Crippen LogP contribution in [0.15, 0.2) is 30.5 Å². The molecule has 1 atom stereocenters. The molecule has 0 aliphatic heterocycles. The zero-order valence-electron chi connectivity index (χ0n) is 17.8. The van der Waals surface area contributed by atoms with Crippen molar-refractivity contribution < 1.29 is 14.3 Å². The van der Waals surface area contributed by atoms with Gasteiger partial charge in [-0.05, 0) is 48.8 Å². The minimum Gasteiger partial charge on any atom is -0.469 e. The molecule has 1 N–H and O–H groups in total. The Bertz CT molecular complexity index is 862. The lowest BCUT2D eigenvalue weighted by molar-refractivity contribution is -0.140. The minimum atomic E-state index is -0.281. The Morgan fingerprint density at radius 2 is 1.93 bits per heavy atom. The molecule has 2 aromatic rings. The van der Waals surface area contributed by atoms with Gasteiger partial charge in [-0.2, -0.15) is 5.10 Å². The lowest BCUT2D eigenvalue weighted by Crippen LogP contribution is -2.30. The highest BCUT2D eigenvalue weighted by atomic mass is 16.5. The fourth-order valence-corrected chi connectivity index (χ4v) is 3.79. The normalized spacial score (nSPS) is 16.2. The number of esters is 1. The average molecular weight is 398 g/mol. The summed E-state index contributed by atoms with van der Waals surface area (Å²) in [6.45, 7) is 6.61. The van der Waals surface area contributed by atoms with Crippen molar-refractivity contribution in [3.8, 4) is 5.69 Å². The molecule has 1 aliphatic rings. The molecule has 0 radical (unpaired) electrons. The summed E-state index contributed by atoms with van der Waals surface area (Å²) < 4.78 is 6.61. The van der Waals surface area contributed by atoms with E-state index in [0.717, 1.165) is 30.5 Å². The average Bonchev–Trinajstić information content (AvgIpc) is 3.12. The van der Waals surface area contributed by atoms with Gasteiger partial charge in [0, 0.05) is 24.1 Å². The van der Waals surface area contributed by atoms with Crippen LogP contribution < -0.4 is 5.32 Å². The maximum Gasteiger partial charge on any atom is 0.305 e. The van der Waals surface area contributed by atoms with Crippen LogP contribution in [-0.4, -0.2) is 28.8 Å². The van der Waals surface area contributed by atoms with E-state index in [-0.39, 0.29) is 29.8 Å². The molecule has 1 aliphatic carbocycles. The van der Waals surface area contributed by atoms with E-state index in [4.69, 9.17) is 0 Å². The van der Waals surface area contributed by atoms with Crippen LogP contribution in [0.5, 0.6) is 0 Å². The van der Waals surface area contributed by atoms with Gasteiger partial charge in [-0.3, -0.25) is 9.59 Å². The van der Waals surface area contributed by atoms with Crippen molar-refractivity contribution in [2.45, 2.75) is 70.8 Å². The van der Waals surface area contributed by atoms with Gasteiger partial charge in [0.1, 0.15) is 0 Å². The smallest absolute Gasteiger partial charge is 0.305 e. The monoisotopic (exact) mass is 397 g/mol. The Morgan fingerprint density at radius 1 is 1.21 bits per heavy atom. The molecule has 1 heterocycles. The molecule has 3 rings (SSSR count). The number of rotatable bonds is 6. The van der Waals surface area contributed by atoms with Gasteiger partial charge in [-0.15, -0.1) is 0 Å². The van der Waals surface area contributed by atoms with Crippen molar-refractivity contribution >= 4 is 11.9 Å². The second-order valence-electron chi connectivity index (χ2n) is 8.70. The molecule has 0 unspecified atom stereocenters. The molecular formula is C23H31N3O3. The Kier molecular flexibility index (Phi) is 6.40. The number of carbonyl (C=O) groups is 2. The van der Waals surface area contributed by atoms with Gasteiger partial charge in [0.25, 0.3) is 0 Å². The van der Waals surface area contributed by atoms with Gasteiger partial charge < -0.3 is 10.1 Å². The molecule has 0 fully saturated rings. The SMILES string of the molecule is COC(=O)CCCC(=O)N[C@H]1CCCc2c1cnn2-c1ccc(C(C)(C)C)cc1. The first-order chi connectivity index (χ1) is 13.8. The Balaban J connectivity index is 1.69. The van der Waals surface area contributed by atoms with Crippen LogP contribution in [0.25, 0.3) is 5.69 Å². The van der Waals surface area contributed by atoms with Gasteiger partial charge >= 0.3 is 5.97 Å². The topological polar surface area (TPSA) is 73.2 Å². The number of methoxy groups -OCH3 is 1. The van der Waals surface area contributed by atoms with Gasteiger partial charge in [-0.25, -0.2) is 4.68 Å². The molecule has 0 spiro atoms. The molecule has 6 nitrogen and oxygen atoms in total. The zero-order valence-corrected chi connectivity index (χ0v) is 17.8. The highest BCUT2D eigenvalue weighted by Gasteiger charge is 2.26. The van der Waals surface area contributed by atoms with Crippen LogP contribution in [0.3, 0.4) is 0 Å². The maximum atomic E-state index is 12.3. The highest BCUT2D eigenvalue weighted by Crippen LogP contribution is 2.32. The van der Waals surface area contributed by atoms with Crippen molar-refractivity contribution in [1.29, 1.82) is 0 Å². The summed E-state index contributed by atoms with van der Waals surface area (Å²) >= 11 is 0. The van der Waals surface area contributed by atoms with Crippen LogP contribution in [0.1, 0.15) is 75.7 Å². The summed E-state index contributed by atoms with van der Waals surface area (Å²) in [6, 6.07) is 8.53. The largest absolute Gasteiger partial charge is 0.469 e. The number of benzene rings is 1. The molecule has 6 heteroatoms. The number of fused-ring (bicyclic) bond motifs is 1. The highest BCUT2D eigenvalue weighted by molar-refractivity contribution is 5.77. The van der Waals surface area contributed by atoms with E-state index >= 15 is 0 Å². The van der Waals surface area contributed by atoms with Crippen molar-refractivity contribution in [2.24, 2.45) is 0 Å².